The monoisotopic (exact) mass is 264 g/mol. The average Bonchev–Trinajstić information content (AvgIpc) is 2.35. The third kappa shape index (κ3) is 6.82. The fourth-order valence-electron chi connectivity index (χ4n) is 1.50. The zero-order chi connectivity index (χ0) is 14.3. The van der Waals surface area contributed by atoms with Gasteiger partial charge < -0.3 is 15.8 Å². The van der Waals surface area contributed by atoms with Crippen LogP contribution in [0.25, 0.3) is 0 Å². The molecule has 0 fully saturated rings. The molecule has 0 radical (unpaired) electrons. The van der Waals surface area contributed by atoms with E-state index >= 15 is 0 Å². The van der Waals surface area contributed by atoms with Crippen LogP contribution >= 0.6 is 0 Å². The Labute approximate surface area is 115 Å². The Morgan fingerprint density at radius 2 is 1.89 bits per heavy atom. The third-order valence-corrected chi connectivity index (χ3v) is 2.73. The standard InChI is InChI=1S/C15H24N2O2/c1-15(2,3)8-9-17-14(18)11-19-13-6-4-12(10-16)5-7-13/h4-7H,8-11,16H2,1-3H3,(H,17,18). The first kappa shape index (κ1) is 15.5. The van der Waals surface area contributed by atoms with E-state index in [1.807, 2.05) is 24.3 Å². The van der Waals surface area contributed by atoms with E-state index in [0.717, 1.165) is 12.0 Å². The van der Waals surface area contributed by atoms with Crippen LogP contribution in [0, 0.1) is 5.41 Å². The molecule has 0 atom stereocenters. The molecule has 19 heavy (non-hydrogen) atoms. The Balaban J connectivity index is 2.26. The van der Waals surface area contributed by atoms with Gasteiger partial charge in [0, 0.05) is 13.1 Å². The number of benzene rings is 1. The van der Waals surface area contributed by atoms with Crippen molar-refractivity contribution >= 4 is 5.91 Å². The molecule has 0 aromatic heterocycles. The summed E-state index contributed by atoms with van der Waals surface area (Å²) >= 11 is 0. The number of carbonyl (C=O) groups is 1. The molecule has 1 rings (SSSR count). The van der Waals surface area contributed by atoms with Gasteiger partial charge in [-0.05, 0) is 29.5 Å². The molecule has 0 saturated heterocycles. The van der Waals surface area contributed by atoms with Crippen molar-refractivity contribution in [1.29, 1.82) is 0 Å². The lowest BCUT2D eigenvalue weighted by molar-refractivity contribution is -0.123. The van der Waals surface area contributed by atoms with Crippen molar-refractivity contribution < 1.29 is 9.53 Å². The zero-order valence-electron chi connectivity index (χ0n) is 12.0. The van der Waals surface area contributed by atoms with Gasteiger partial charge in [0.2, 0.25) is 0 Å². The molecule has 0 bridgehead atoms. The summed E-state index contributed by atoms with van der Waals surface area (Å²) < 4.78 is 5.40. The summed E-state index contributed by atoms with van der Waals surface area (Å²) in [6, 6.07) is 7.44. The highest BCUT2D eigenvalue weighted by Crippen LogP contribution is 2.16. The molecule has 106 valence electrons. The van der Waals surface area contributed by atoms with Crippen molar-refractivity contribution in [1.82, 2.24) is 5.32 Å². The summed E-state index contributed by atoms with van der Waals surface area (Å²) in [7, 11) is 0. The van der Waals surface area contributed by atoms with Gasteiger partial charge in [-0.1, -0.05) is 32.9 Å². The van der Waals surface area contributed by atoms with E-state index in [4.69, 9.17) is 10.5 Å². The van der Waals surface area contributed by atoms with Gasteiger partial charge in [0.15, 0.2) is 6.61 Å². The van der Waals surface area contributed by atoms with Gasteiger partial charge in [-0.25, -0.2) is 0 Å². The quantitative estimate of drug-likeness (QED) is 0.826. The van der Waals surface area contributed by atoms with Crippen LogP contribution in [0.5, 0.6) is 5.75 Å². The van der Waals surface area contributed by atoms with Crippen LogP contribution in [0.3, 0.4) is 0 Å². The molecule has 4 heteroatoms. The fraction of sp³-hybridized carbons (Fsp3) is 0.533. The number of hydrogen-bond acceptors (Lipinski definition) is 3. The fourth-order valence-corrected chi connectivity index (χ4v) is 1.50. The molecule has 0 aliphatic carbocycles. The summed E-state index contributed by atoms with van der Waals surface area (Å²) in [6.45, 7) is 7.68. The molecule has 3 N–H and O–H groups in total. The Hall–Kier alpha value is -1.55. The number of hydrogen-bond donors (Lipinski definition) is 2. The van der Waals surface area contributed by atoms with Crippen LogP contribution in [-0.2, 0) is 11.3 Å². The van der Waals surface area contributed by atoms with Crippen LogP contribution in [0.2, 0.25) is 0 Å². The van der Waals surface area contributed by atoms with Crippen LogP contribution in [0.4, 0.5) is 0 Å². The van der Waals surface area contributed by atoms with E-state index in [2.05, 4.69) is 26.1 Å². The lowest BCUT2D eigenvalue weighted by atomic mass is 9.92. The largest absolute Gasteiger partial charge is 0.484 e. The Bertz CT molecular complexity index is 394. The van der Waals surface area contributed by atoms with Crippen molar-refractivity contribution in [3.63, 3.8) is 0 Å². The lowest BCUT2D eigenvalue weighted by Crippen LogP contribution is -2.31. The summed E-state index contributed by atoms with van der Waals surface area (Å²) in [5.74, 6) is 0.593. The first-order valence-corrected chi connectivity index (χ1v) is 6.59. The van der Waals surface area contributed by atoms with E-state index < -0.39 is 0 Å². The molecule has 4 nitrogen and oxygen atoms in total. The molecule has 1 aromatic rings. The second-order valence-electron chi connectivity index (χ2n) is 5.80. The minimum atomic E-state index is -0.0906. The number of amides is 1. The molecule has 0 aliphatic heterocycles. The number of rotatable bonds is 6. The third-order valence-electron chi connectivity index (χ3n) is 2.73. The van der Waals surface area contributed by atoms with Crippen molar-refractivity contribution in [2.45, 2.75) is 33.7 Å². The SMILES string of the molecule is CC(C)(C)CCNC(=O)COc1ccc(CN)cc1. The normalized spacial score (nSPS) is 11.2. The smallest absolute Gasteiger partial charge is 0.257 e. The molecule has 1 amide bonds. The van der Waals surface area contributed by atoms with Gasteiger partial charge >= 0.3 is 0 Å². The number of carbonyl (C=O) groups excluding carboxylic acids is 1. The number of ether oxygens (including phenoxy) is 1. The Kier molecular flexibility index (Phi) is 5.83. The van der Waals surface area contributed by atoms with Gasteiger partial charge in [0.05, 0.1) is 0 Å². The molecule has 1 aromatic carbocycles. The topological polar surface area (TPSA) is 64.3 Å². The maximum absolute atomic E-state index is 11.6. The number of nitrogens with one attached hydrogen (secondary N) is 1. The summed E-state index contributed by atoms with van der Waals surface area (Å²) in [6.07, 6.45) is 0.948. The predicted octanol–water partition coefficient (Wildman–Crippen LogP) is 2.08. The van der Waals surface area contributed by atoms with Gasteiger partial charge in [0.25, 0.3) is 5.91 Å². The van der Waals surface area contributed by atoms with Gasteiger partial charge in [-0.3, -0.25) is 4.79 Å². The second kappa shape index (κ2) is 7.14. The van der Waals surface area contributed by atoms with Crippen molar-refractivity contribution in [2.75, 3.05) is 13.2 Å². The molecular formula is C15H24N2O2. The molecule has 0 spiro atoms. The average molecular weight is 264 g/mol. The second-order valence-corrected chi connectivity index (χ2v) is 5.80. The zero-order valence-corrected chi connectivity index (χ0v) is 12.0. The first-order valence-electron chi connectivity index (χ1n) is 6.59. The predicted molar refractivity (Wildman–Crippen MR) is 76.9 cm³/mol. The maximum atomic E-state index is 11.6. The maximum Gasteiger partial charge on any atom is 0.257 e. The van der Waals surface area contributed by atoms with E-state index in [1.165, 1.54) is 0 Å². The van der Waals surface area contributed by atoms with E-state index in [0.29, 0.717) is 18.8 Å². The Morgan fingerprint density at radius 1 is 1.26 bits per heavy atom. The minimum Gasteiger partial charge on any atom is -0.484 e. The molecule has 0 saturated carbocycles. The van der Waals surface area contributed by atoms with Crippen LogP contribution in [-0.4, -0.2) is 19.1 Å². The highest BCUT2D eigenvalue weighted by Gasteiger charge is 2.10. The Morgan fingerprint density at radius 3 is 2.42 bits per heavy atom. The van der Waals surface area contributed by atoms with Crippen molar-refractivity contribution in [3.05, 3.63) is 29.8 Å². The van der Waals surface area contributed by atoms with E-state index in [9.17, 15) is 4.79 Å². The first-order chi connectivity index (χ1) is 8.90. The highest BCUT2D eigenvalue weighted by molar-refractivity contribution is 5.77. The van der Waals surface area contributed by atoms with Gasteiger partial charge in [-0.15, -0.1) is 0 Å². The summed E-state index contributed by atoms with van der Waals surface area (Å²) in [5, 5.41) is 2.85. The number of nitrogens with two attached hydrogens (primary N) is 1. The van der Waals surface area contributed by atoms with Crippen molar-refractivity contribution in [3.8, 4) is 5.75 Å². The van der Waals surface area contributed by atoms with E-state index in [-0.39, 0.29) is 17.9 Å². The van der Waals surface area contributed by atoms with Crippen LogP contribution in [0.1, 0.15) is 32.8 Å². The molecule has 0 heterocycles. The highest BCUT2D eigenvalue weighted by atomic mass is 16.5. The van der Waals surface area contributed by atoms with Gasteiger partial charge in [-0.2, -0.15) is 0 Å². The molecule has 0 unspecified atom stereocenters. The van der Waals surface area contributed by atoms with Crippen LogP contribution in [0.15, 0.2) is 24.3 Å². The van der Waals surface area contributed by atoms with Crippen molar-refractivity contribution in [2.24, 2.45) is 11.1 Å². The molecular weight excluding hydrogens is 240 g/mol. The van der Waals surface area contributed by atoms with Crippen LogP contribution < -0.4 is 15.8 Å². The lowest BCUT2D eigenvalue weighted by Gasteiger charge is -2.18. The summed E-state index contributed by atoms with van der Waals surface area (Å²) in [5.41, 5.74) is 6.78. The molecule has 0 aliphatic rings. The minimum absolute atomic E-state index is 0.0477. The summed E-state index contributed by atoms with van der Waals surface area (Å²) in [4.78, 5) is 11.6. The van der Waals surface area contributed by atoms with E-state index in [1.54, 1.807) is 0 Å². The van der Waals surface area contributed by atoms with Gasteiger partial charge in [0.1, 0.15) is 5.75 Å².